The smallest absolute Gasteiger partial charge is 0.234 e. The average molecular weight is 293 g/mol. The van der Waals surface area contributed by atoms with Crippen molar-refractivity contribution in [1.82, 2.24) is 5.32 Å². The molecule has 7 heteroatoms. The molecular weight excluding hydrogens is 276 g/mol. The third kappa shape index (κ3) is 4.72. The first kappa shape index (κ1) is 15.1. The highest BCUT2D eigenvalue weighted by Crippen LogP contribution is 2.28. The summed E-state index contributed by atoms with van der Waals surface area (Å²) in [6.07, 6.45) is 0. The summed E-state index contributed by atoms with van der Waals surface area (Å²) in [6.45, 7) is 3.05. The SMILES string of the molecule is CCNCCS(=O)(=O)Nc1cc(Cl)ccc1OC. The highest BCUT2D eigenvalue weighted by Gasteiger charge is 2.13. The van der Waals surface area contributed by atoms with Crippen molar-refractivity contribution < 1.29 is 13.2 Å². The second kappa shape index (κ2) is 6.82. The fraction of sp³-hybridized carbons (Fsp3) is 0.455. The lowest BCUT2D eigenvalue weighted by molar-refractivity contribution is 0.417. The lowest BCUT2D eigenvalue weighted by Gasteiger charge is -2.12. The van der Waals surface area contributed by atoms with E-state index in [2.05, 4.69) is 10.0 Å². The fourth-order valence-corrected chi connectivity index (χ4v) is 2.54. The molecule has 0 fully saturated rings. The van der Waals surface area contributed by atoms with Crippen LogP contribution in [0.5, 0.6) is 5.75 Å². The molecule has 0 atom stereocenters. The summed E-state index contributed by atoms with van der Waals surface area (Å²) in [6, 6.07) is 4.77. The molecule has 0 aromatic heterocycles. The molecule has 0 amide bonds. The summed E-state index contributed by atoms with van der Waals surface area (Å²) < 4.78 is 31.1. The Labute approximate surface area is 113 Å². The maximum Gasteiger partial charge on any atom is 0.234 e. The van der Waals surface area contributed by atoms with Gasteiger partial charge in [0.2, 0.25) is 10.0 Å². The zero-order chi connectivity index (χ0) is 13.6. The molecule has 102 valence electrons. The molecule has 2 N–H and O–H groups in total. The van der Waals surface area contributed by atoms with Gasteiger partial charge in [-0.05, 0) is 24.7 Å². The number of hydrogen-bond donors (Lipinski definition) is 2. The van der Waals surface area contributed by atoms with E-state index >= 15 is 0 Å². The van der Waals surface area contributed by atoms with Crippen LogP contribution in [0.4, 0.5) is 5.69 Å². The van der Waals surface area contributed by atoms with Crippen LogP contribution in [0.25, 0.3) is 0 Å². The average Bonchev–Trinajstić information content (AvgIpc) is 2.29. The number of rotatable bonds is 7. The number of hydrogen-bond acceptors (Lipinski definition) is 4. The molecule has 0 aliphatic heterocycles. The van der Waals surface area contributed by atoms with Gasteiger partial charge in [-0.15, -0.1) is 0 Å². The first-order valence-electron chi connectivity index (χ1n) is 5.53. The Hall–Kier alpha value is -0.980. The summed E-state index contributed by atoms with van der Waals surface area (Å²) in [7, 11) is -1.94. The Morgan fingerprint density at radius 2 is 2.11 bits per heavy atom. The minimum absolute atomic E-state index is 0.00346. The zero-order valence-corrected chi connectivity index (χ0v) is 11.9. The van der Waals surface area contributed by atoms with Crippen molar-refractivity contribution in [3.63, 3.8) is 0 Å². The zero-order valence-electron chi connectivity index (χ0n) is 10.4. The van der Waals surface area contributed by atoms with E-state index in [4.69, 9.17) is 16.3 Å². The molecule has 1 rings (SSSR count). The summed E-state index contributed by atoms with van der Waals surface area (Å²) in [5.41, 5.74) is 0.349. The third-order valence-electron chi connectivity index (χ3n) is 2.22. The van der Waals surface area contributed by atoms with E-state index in [1.165, 1.54) is 13.2 Å². The summed E-state index contributed by atoms with van der Waals surface area (Å²) in [5.74, 6) is 0.433. The molecule has 5 nitrogen and oxygen atoms in total. The molecule has 0 bridgehead atoms. The van der Waals surface area contributed by atoms with Crippen LogP contribution in [0.3, 0.4) is 0 Å². The number of benzene rings is 1. The molecule has 0 heterocycles. The van der Waals surface area contributed by atoms with Crippen LogP contribution in [-0.4, -0.2) is 34.4 Å². The van der Waals surface area contributed by atoms with Gasteiger partial charge in [-0.25, -0.2) is 8.42 Å². The van der Waals surface area contributed by atoms with E-state index in [0.29, 0.717) is 23.0 Å². The van der Waals surface area contributed by atoms with Crippen molar-refractivity contribution in [2.45, 2.75) is 6.92 Å². The maximum absolute atomic E-state index is 11.8. The van der Waals surface area contributed by atoms with Gasteiger partial charge in [0.25, 0.3) is 0 Å². The van der Waals surface area contributed by atoms with E-state index in [9.17, 15) is 8.42 Å². The Balaban J connectivity index is 2.79. The van der Waals surface area contributed by atoms with E-state index in [-0.39, 0.29) is 5.75 Å². The van der Waals surface area contributed by atoms with Crippen molar-refractivity contribution in [1.29, 1.82) is 0 Å². The Morgan fingerprint density at radius 1 is 1.39 bits per heavy atom. The minimum atomic E-state index is -3.41. The molecular formula is C11H17ClN2O3S. The van der Waals surface area contributed by atoms with Gasteiger partial charge in [-0.1, -0.05) is 18.5 Å². The van der Waals surface area contributed by atoms with Gasteiger partial charge in [0, 0.05) is 11.6 Å². The monoisotopic (exact) mass is 292 g/mol. The van der Waals surface area contributed by atoms with Crippen LogP contribution in [0, 0.1) is 0 Å². The Bertz CT molecular complexity index is 491. The number of sulfonamides is 1. The van der Waals surface area contributed by atoms with E-state index in [1.54, 1.807) is 12.1 Å². The van der Waals surface area contributed by atoms with Crippen molar-refractivity contribution in [3.05, 3.63) is 23.2 Å². The second-order valence-electron chi connectivity index (χ2n) is 3.62. The lowest BCUT2D eigenvalue weighted by Crippen LogP contribution is -2.26. The first-order valence-corrected chi connectivity index (χ1v) is 7.56. The van der Waals surface area contributed by atoms with Gasteiger partial charge in [0.1, 0.15) is 5.75 Å². The van der Waals surface area contributed by atoms with Crippen LogP contribution in [0.15, 0.2) is 18.2 Å². The quantitative estimate of drug-likeness (QED) is 0.751. The number of methoxy groups -OCH3 is 1. The number of nitrogens with one attached hydrogen (secondary N) is 2. The van der Waals surface area contributed by atoms with Crippen molar-refractivity contribution in [2.75, 3.05) is 30.7 Å². The Morgan fingerprint density at radius 3 is 2.72 bits per heavy atom. The predicted molar refractivity (Wildman–Crippen MR) is 74.0 cm³/mol. The van der Waals surface area contributed by atoms with Crippen LogP contribution in [0.1, 0.15) is 6.92 Å². The van der Waals surface area contributed by atoms with Crippen molar-refractivity contribution in [3.8, 4) is 5.75 Å². The van der Waals surface area contributed by atoms with Gasteiger partial charge in [0.05, 0.1) is 18.6 Å². The number of ether oxygens (including phenoxy) is 1. The summed E-state index contributed by atoms with van der Waals surface area (Å²) >= 11 is 5.83. The standard InChI is InChI=1S/C11H17ClN2O3S/c1-3-13-6-7-18(15,16)14-10-8-9(12)4-5-11(10)17-2/h4-5,8,13-14H,3,6-7H2,1-2H3. The third-order valence-corrected chi connectivity index (χ3v) is 3.73. The maximum atomic E-state index is 11.8. The van der Waals surface area contributed by atoms with E-state index in [0.717, 1.165) is 6.54 Å². The molecule has 0 spiro atoms. The molecule has 0 aliphatic carbocycles. The van der Waals surface area contributed by atoms with Crippen LogP contribution in [-0.2, 0) is 10.0 Å². The highest BCUT2D eigenvalue weighted by atomic mass is 35.5. The van der Waals surface area contributed by atoms with Crippen LogP contribution < -0.4 is 14.8 Å². The van der Waals surface area contributed by atoms with Crippen LogP contribution in [0.2, 0.25) is 5.02 Å². The molecule has 0 saturated heterocycles. The predicted octanol–water partition coefficient (Wildman–Crippen LogP) is 1.70. The number of anilines is 1. The molecule has 1 aromatic rings. The second-order valence-corrected chi connectivity index (χ2v) is 5.90. The normalized spacial score (nSPS) is 11.3. The van der Waals surface area contributed by atoms with Crippen molar-refractivity contribution in [2.24, 2.45) is 0 Å². The minimum Gasteiger partial charge on any atom is -0.495 e. The molecule has 0 aliphatic rings. The molecule has 18 heavy (non-hydrogen) atoms. The van der Waals surface area contributed by atoms with Gasteiger partial charge in [-0.2, -0.15) is 0 Å². The molecule has 1 aromatic carbocycles. The van der Waals surface area contributed by atoms with Gasteiger partial charge in [0.15, 0.2) is 0 Å². The summed E-state index contributed by atoms with van der Waals surface area (Å²) in [4.78, 5) is 0. The fourth-order valence-electron chi connectivity index (χ4n) is 1.36. The highest BCUT2D eigenvalue weighted by molar-refractivity contribution is 7.92. The first-order chi connectivity index (χ1) is 8.48. The van der Waals surface area contributed by atoms with E-state index < -0.39 is 10.0 Å². The lowest BCUT2D eigenvalue weighted by atomic mass is 10.3. The van der Waals surface area contributed by atoms with Gasteiger partial charge < -0.3 is 10.1 Å². The van der Waals surface area contributed by atoms with Crippen molar-refractivity contribution >= 4 is 27.3 Å². The topological polar surface area (TPSA) is 67.4 Å². The van der Waals surface area contributed by atoms with Gasteiger partial charge >= 0.3 is 0 Å². The molecule has 0 radical (unpaired) electrons. The molecule has 0 unspecified atom stereocenters. The largest absolute Gasteiger partial charge is 0.495 e. The summed E-state index contributed by atoms with van der Waals surface area (Å²) in [5, 5.41) is 3.40. The Kier molecular flexibility index (Phi) is 5.71. The van der Waals surface area contributed by atoms with Crippen LogP contribution >= 0.6 is 11.6 Å². The van der Waals surface area contributed by atoms with E-state index in [1.807, 2.05) is 6.92 Å². The van der Waals surface area contributed by atoms with Gasteiger partial charge in [-0.3, -0.25) is 4.72 Å². The molecule has 0 saturated carbocycles. The number of halogens is 1.